The molecule has 3 rings (SSSR count). The normalized spacial score (nSPS) is 21.2. The first kappa shape index (κ1) is 17.7. The fraction of sp³-hybridized carbons (Fsp3) is 0.632. The van der Waals surface area contributed by atoms with Crippen molar-refractivity contribution in [1.82, 2.24) is 14.7 Å². The summed E-state index contributed by atoms with van der Waals surface area (Å²) in [6, 6.07) is 8.14. The number of nitrogens with zero attached hydrogens (tertiary/aromatic N) is 3. The maximum atomic E-state index is 12.9. The fourth-order valence-electron chi connectivity index (χ4n) is 3.87. The van der Waals surface area contributed by atoms with Gasteiger partial charge in [-0.05, 0) is 50.0 Å². The van der Waals surface area contributed by atoms with Crippen LogP contribution in [0.25, 0.3) is 0 Å². The van der Waals surface area contributed by atoms with E-state index in [4.69, 9.17) is 11.6 Å². The van der Waals surface area contributed by atoms with Crippen molar-refractivity contribution in [2.24, 2.45) is 0 Å². The van der Waals surface area contributed by atoms with Crippen LogP contribution in [0.4, 0.5) is 0 Å². The molecule has 5 heteroatoms. The minimum absolute atomic E-state index is 0.0898. The summed E-state index contributed by atoms with van der Waals surface area (Å²) in [5.74, 6) is 0.335. The van der Waals surface area contributed by atoms with Crippen LogP contribution in [0.15, 0.2) is 24.3 Å². The Balaban J connectivity index is 1.51. The van der Waals surface area contributed by atoms with E-state index in [0.29, 0.717) is 5.91 Å². The first-order valence-electron chi connectivity index (χ1n) is 9.17. The van der Waals surface area contributed by atoms with Crippen molar-refractivity contribution in [2.75, 3.05) is 39.3 Å². The number of likely N-dealkylation sites (tertiary alicyclic amines) is 1. The number of carbonyl (C=O) groups is 1. The highest BCUT2D eigenvalue weighted by atomic mass is 35.5. The van der Waals surface area contributed by atoms with Crippen LogP contribution in [-0.2, 0) is 11.3 Å². The monoisotopic (exact) mass is 349 g/mol. The molecule has 2 fully saturated rings. The van der Waals surface area contributed by atoms with E-state index in [2.05, 4.69) is 27.7 Å². The molecule has 0 N–H and O–H groups in total. The Bertz CT molecular complexity index is 551. The van der Waals surface area contributed by atoms with Crippen molar-refractivity contribution in [2.45, 2.75) is 38.8 Å². The highest BCUT2D eigenvalue weighted by Gasteiger charge is 2.31. The summed E-state index contributed by atoms with van der Waals surface area (Å²) in [6.07, 6.45) is 3.38. The molecule has 1 aromatic rings. The lowest BCUT2D eigenvalue weighted by molar-refractivity contribution is -0.138. The fourth-order valence-corrected chi connectivity index (χ4v) is 4.09. The highest BCUT2D eigenvalue weighted by Crippen LogP contribution is 2.18. The molecular weight excluding hydrogens is 322 g/mol. The first-order valence-corrected chi connectivity index (χ1v) is 9.55. The summed E-state index contributed by atoms with van der Waals surface area (Å²) in [5.41, 5.74) is 1.24. The second kappa shape index (κ2) is 8.32. The van der Waals surface area contributed by atoms with Gasteiger partial charge in [0.15, 0.2) is 0 Å². The second-order valence-corrected chi connectivity index (χ2v) is 7.33. The van der Waals surface area contributed by atoms with E-state index < -0.39 is 0 Å². The Morgan fingerprint density at radius 3 is 2.46 bits per heavy atom. The van der Waals surface area contributed by atoms with Gasteiger partial charge >= 0.3 is 0 Å². The molecule has 0 aromatic heterocycles. The van der Waals surface area contributed by atoms with E-state index in [1.807, 2.05) is 18.2 Å². The summed E-state index contributed by atoms with van der Waals surface area (Å²) in [5, 5.41) is 0.790. The molecule has 0 unspecified atom stereocenters. The average molecular weight is 350 g/mol. The Labute approximate surface area is 150 Å². The lowest BCUT2D eigenvalue weighted by Gasteiger charge is -2.38. The van der Waals surface area contributed by atoms with Crippen molar-refractivity contribution in [3.63, 3.8) is 0 Å². The van der Waals surface area contributed by atoms with E-state index in [9.17, 15) is 4.79 Å². The van der Waals surface area contributed by atoms with Gasteiger partial charge in [0.05, 0.1) is 6.04 Å². The van der Waals surface area contributed by atoms with Gasteiger partial charge in [0.1, 0.15) is 0 Å². The van der Waals surface area contributed by atoms with Gasteiger partial charge in [-0.1, -0.05) is 30.7 Å². The largest absolute Gasteiger partial charge is 0.339 e. The number of hydrogen-bond donors (Lipinski definition) is 0. The molecule has 2 saturated heterocycles. The lowest BCUT2D eigenvalue weighted by Crippen LogP contribution is -2.54. The van der Waals surface area contributed by atoms with Crippen molar-refractivity contribution in [1.29, 1.82) is 0 Å². The molecule has 2 heterocycles. The number of hydrogen-bond acceptors (Lipinski definition) is 3. The van der Waals surface area contributed by atoms with Crippen LogP contribution in [0.3, 0.4) is 0 Å². The van der Waals surface area contributed by atoms with Crippen LogP contribution in [-0.4, -0.2) is 65.9 Å². The number of halogens is 1. The molecule has 0 bridgehead atoms. The summed E-state index contributed by atoms with van der Waals surface area (Å²) in [7, 11) is 0. The molecule has 0 radical (unpaired) electrons. The van der Waals surface area contributed by atoms with Crippen molar-refractivity contribution in [3.8, 4) is 0 Å². The maximum absolute atomic E-state index is 12.9. The smallest absolute Gasteiger partial charge is 0.240 e. The Morgan fingerprint density at radius 1 is 1.12 bits per heavy atom. The Morgan fingerprint density at radius 2 is 1.83 bits per heavy atom. The number of rotatable bonds is 5. The third-order valence-corrected chi connectivity index (χ3v) is 5.47. The third-order valence-electron chi connectivity index (χ3n) is 5.23. The van der Waals surface area contributed by atoms with Crippen LogP contribution in [0.5, 0.6) is 0 Å². The standard InChI is InChI=1S/C19H28ClN3O/c1-2-18(22-8-3-4-9-22)19(24)23-12-10-21(11-13-23)15-16-6-5-7-17(20)14-16/h5-7,14,18H,2-4,8-13,15H2,1H3/t18-/m1/s1. The molecule has 1 aromatic carbocycles. The third kappa shape index (κ3) is 4.29. The number of benzene rings is 1. The SMILES string of the molecule is CC[C@H](C(=O)N1CCN(Cc2cccc(Cl)c2)CC1)N1CCCC1. The summed E-state index contributed by atoms with van der Waals surface area (Å²) in [6.45, 7) is 8.76. The molecule has 132 valence electrons. The van der Waals surface area contributed by atoms with Crippen LogP contribution in [0.1, 0.15) is 31.7 Å². The van der Waals surface area contributed by atoms with E-state index in [0.717, 1.165) is 57.3 Å². The first-order chi connectivity index (χ1) is 11.7. The second-order valence-electron chi connectivity index (χ2n) is 6.90. The van der Waals surface area contributed by atoms with E-state index in [1.165, 1.54) is 18.4 Å². The van der Waals surface area contributed by atoms with Crippen LogP contribution >= 0.6 is 11.6 Å². The molecule has 1 atom stereocenters. The Hall–Kier alpha value is -1.10. The molecule has 0 spiro atoms. The summed E-state index contributed by atoms with van der Waals surface area (Å²) < 4.78 is 0. The maximum Gasteiger partial charge on any atom is 0.240 e. The number of piperazine rings is 1. The predicted octanol–water partition coefficient (Wildman–Crippen LogP) is 2.86. The zero-order chi connectivity index (χ0) is 16.9. The van der Waals surface area contributed by atoms with Gasteiger partial charge in [0.2, 0.25) is 5.91 Å². The van der Waals surface area contributed by atoms with Crippen molar-refractivity contribution >= 4 is 17.5 Å². The average Bonchev–Trinajstić information content (AvgIpc) is 3.10. The van der Waals surface area contributed by atoms with E-state index >= 15 is 0 Å². The van der Waals surface area contributed by atoms with Gasteiger partial charge in [-0.2, -0.15) is 0 Å². The molecule has 2 aliphatic heterocycles. The van der Waals surface area contributed by atoms with Gasteiger partial charge in [-0.15, -0.1) is 0 Å². The topological polar surface area (TPSA) is 26.8 Å². The van der Waals surface area contributed by atoms with Gasteiger partial charge in [0, 0.05) is 37.7 Å². The molecule has 24 heavy (non-hydrogen) atoms. The lowest BCUT2D eigenvalue weighted by atomic mass is 10.1. The van der Waals surface area contributed by atoms with Crippen LogP contribution in [0.2, 0.25) is 5.02 Å². The molecule has 0 saturated carbocycles. The zero-order valence-corrected chi connectivity index (χ0v) is 15.3. The van der Waals surface area contributed by atoms with E-state index in [1.54, 1.807) is 0 Å². The predicted molar refractivity (Wildman–Crippen MR) is 98.2 cm³/mol. The van der Waals surface area contributed by atoms with Crippen LogP contribution < -0.4 is 0 Å². The molecule has 4 nitrogen and oxygen atoms in total. The molecular formula is C19H28ClN3O. The van der Waals surface area contributed by atoms with Crippen molar-refractivity contribution < 1.29 is 4.79 Å². The minimum atomic E-state index is 0.0898. The summed E-state index contributed by atoms with van der Waals surface area (Å²) in [4.78, 5) is 19.7. The van der Waals surface area contributed by atoms with Crippen LogP contribution in [0, 0.1) is 0 Å². The number of amides is 1. The molecule has 2 aliphatic rings. The number of carbonyl (C=O) groups excluding carboxylic acids is 1. The molecule has 1 amide bonds. The van der Waals surface area contributed by atoms with Gasteiger partial charge in [0.25, 0.3) is 0 Å². The molecule has 0 aliphatic carbocycles. The Kier molecular flexibility index (Phi) is 6.14. The summed E-state index contributed by atoms with van der Waals surface area (Å²) >= 11 is 6.06. The van der Waals surface area contributed by atoms with Gasteiger partial charge in [-0.3, -0.25) is 14.6 Å². The van der Waals surface area contributed by atoms with Gasteiger partial charge < -0.3 is 4.90 Å². The van der Waals surface area contributed by atoms with Gasteiger partial charge in [-0.25, -0.2) is 0 Å². The quantitative estimate of drug-likeness (QED) is 0.817. The minimum Gasteiger partial charge on any atom is -0.339 e. The van der Waals surface area contributed by atoms with Crippen molar-refractivity contribution in [3.05, 3.63) is 34.9 Å². The van der Waals surface area contributed by atoms with E-state index in [-0.39, 0.29) is 6.04 Å². The highest BCUT2D eigenvalue weighted by molar-refractivity contribution is 6.30. The zero-order valence-electron chi connectivity index (χ0n) is 14.6.